The molecule has 0 radical (unpaired) electrons. The van der Waals surface area contributed by atoms with Crippen molar-refractivity contribution in [3.8, 4) is 5.75 Å². The van der Waals surface area contributed by atoms with Gasteiger partial charge in [0, 0.05) is 0 Å². The first-order chi connectivity index (χ1) is 7.00. The third kappa shape index (κ3) is 2.31. The SMILES string of the molecule is CC(C)c1ccc(OC2(C)CC2)c(F)c1. The molecule has 15 heavy (non-hydrogen) atoms. The highest BCUT2D eigenvalue weighted by Crippen LogP contribution is 2.40. The van der Waals surface area contributed by atoms with Gasteiger partial charge in [-0.1, -0.05) is 19.9 Å². The molecule has 0 heterocycles. The topological polar surface area (TPSA) is 9.23 Å². The Morgan fingerprint density at radius 1 is 1.33 bits per heavy atom. The quantitative estimate of drug-likeness (QED) is 0.732. The van der Waals surface area contributed by atoms with Gasteiger partial charge in [0.25, 0.3) is 0 Å². The van der Waals surface area contributed by atoms with Crippen LogP contribution in [0.5, 0.6) is 5.75 Å². The Balaban J connectivity index is 2.19. The average Bonchev–Trinajstić information content (AvgIpc) is 2.87. The smallest absolute Gasteiger partial charge is 0.165 e. The van der Waals surface area contributed by atoms with Gasteiger partial charge >= 0.3 is 0 Å². The Hall–Kier alpha value is -1.05. The van der Waals surface area contributed by atoms with Gasteiger partial charge in [0.2, 0.25) is 0 Å². The maximum absolute atomic E-state index is 13.6. The van der Waals surface area contributed by atoms with E-state index in [1.165, 1.54) is 0 Å². The van der Waals surface area contributed by atoms with Gasteiger partial charge in [0.15, 0.2) is 11.6 Å². The molecule has 0 N–H and O–H groups in total. The maximum atomic E-state index is 13.6. The van der Waals surface area contributed by atoms with Crippen LogP contribution in [-0.2, 0) is 0 Å². The van der Waals surface area contributed by atoms with Gasteiger partial charge in [-0.3, -0.25) is 0 Å². The van der Waals surface area contributed by atoms with Crippen LogP contribution in [0, 0.1) is 5.82 Å². The first kappa shape index (κ1) is 10.5. The molecular formula is C13H17FO. The Kier molecular flexibility index (Phi) is 2.45. The molecule has 0 bridgehead atoms. The van der Waals surface area contributed by atoms with E-state index in [0.717, 1.165) is 18.4 Å². The number of hydrogen-bond donors (Lipinski definition) is 0. The van der Waals surface area contributed by atoms with Crippen LogP contribution in [0.15, 0.2) is 18.2 Å². The van der Waals surface area contributed by atoms with Crippen LogP contribution in [-0.4, -0.2) is 5.60 Å². The molecule has 0 aromatic heterocycles. The molecule has 1 aromatic rings. The van der Waals surface area contributed by atoms with E-state index < -0.39 is 0 Å². The number of hydrogen-bond acceptors (Lipinski definition) is 1. The van der Waals surface area contributed by atoms with Gasteiger partial charge in [-0.05, 0) is 43.4 Å². The fraction of sp³-hybridized carbons (Fsp3) is 0.538. The van der Waals surface area contributed by atoms with Crippen molar-refractivity contribution in [2.45, 2.75) is 45.1 Å². The molecule has 1 nitrogen and oxygen atoms in total. The van der Waals surface area contributed by atoms with Gasteiger partial charge in [0.1, 0.15) is 5.60 Å². The fourth-order valence-electron chi connectivity index (χ4n) is 1.50. The van der Waals surface area contributed by atoms with Crippen molar-refractivity contribution in [2.75, 3.05) is 0 Å². The highest BCUT2D eigenvalue weighted by molar-refractivity contribution is 5.31. The molecular weight excluding hydrogens is 191 g/mol. The minimum absolute atomic E-state index is 0.111. The van der Waals surface area contributed by atoms with Crippen LogP contribution in [0.1, 0.15) is 45.1 Å². The predicted octanol–water partition coefficient (Wildman–Crippen LogP) is 3.88. The van der Waals surface area contributed by atoms with E-state index in [-0.39, 0.29) is 11.4 Å². The molecule has 1 saturated carbocycles. The highest BCUT2D eigenvalue weighted by Gasteiger charge is 2.40. The minimum atomic E-state index is -0.241. The van der Waals surface area contributed by atoms with Crippen molar-refractivity contribution in [1.29, 1.82) is 0 Å². The molecule has 1 aromatic carbocycles. The Morgan fingerprint density at radius 3 is 2.47 bits per heavy atom. The summed E-state index contributed by atoms with van der Waals surface area (Å²) in [5, 5.41) is 0. The number of ether oxygens (including phenoxy) is 1. The van der Waals surface area contributed by atoms with Crippen LogP contribution in [0.2, 0.25) is 0 Å². The molecule has 1 fully saturated rings. The molecule has 0 saturated heterocycles. The fourth-order valence-corrected chi connectivity index (χ4v) is 1.50. The van der Waals surface area contributed by atoms with Crippen LogP contribution < -0.4 is 4.74 Å². The minimum Gasteiger partial charge on any atom is -0.485 e. The monoisotopic (exact) mass is 208 g/mol. The summed E-state index contributed by atoms with van der Waals surface area (Å²) < 4.78 is 19.2. The summed E-state index contributed by atoms with van der Waals surface area (Å²) in [4.78, 5) is 0. The molecule has 0 unspecified atom stereocenters. The Bertz CT molecular complexity index is 367. The lowest BCUT2D eigenvalue weighted by Crippen LogP contribution is -2.13. The van der Waals surface area contributed by atoms with Crippen molar-refractivity contribution >= 4 is 0 Å². The third-order valence-corrected chi connectivity index (χ3v) is 2.93. The van der Waals surface area contributed by atoms with Gasteiger partial charge in [0.05, 0.1) is 0 Å². The van der Waals surface area contributed by atoms with Crippen LogP contribution in [0.4, 0.5) is 4.39 Å². The molecule has 82 valence electrons. The lowest BCUT2D eigenvalue weighted by atomic mass is 10.0. The lowest BCUT2D eigenvalue weighted by Gasteiger charge is -2.14. The molecule has 0 atom stereocenters. The summed E-state index contributed by atoms with van der Waals surface area (Å²) in [6, 6.07) is 5.26. The van der Waals surface area contributed by atoms with Crippen LogP contribution in [0.3, 0.4) is 0 Å². The van der Waals surface area contributed by atoms with Gasteiger partial charge in [-0.15, -0.1) is 0 Å². The highest BCUT2D eigenvalue weighted by atomic mass is 19.1. The van der Waals surface area contributed by atoms with Crippen LogP contribution in [0.25, 0.3) is 0 Å². The van der Waals surface area contributed by atoms with E-state index in [2.05, 4.69) is 13.8 Å². The molecule has 2 rings (SSSR count). The van der Waals surface area contributed by atoms with Crippen molar-refractivity contribution in [2.24, 2.45) is 0 Å². The van der Waals surface area contributed by atoms with E-state index >= 15 is 0 Å². The summed E-state index contributed by atoms with van der Waals surface area (Å²) in [5.41, 5.74) is 0.904. The van der Waals surface area contributed by atoms with Crippen molar-refractivity contribution < 1.29 is 9.13 Å². The van der Waals surface area contributed by atoms with Crippen molar-refractivity contribution in [3.63, 3.8) is 0 Å². The predicted molar refractivity (Wildman–Crippen MR) is 58.8 cm³/mol. The number of benzene rings is 1. The van der Waals surface area contributed by atoms with Crippen molar-refractivity contribution in [3.05, 3.63) is 29.6 Å². The summed E-state index contributed by atoms with van der Waals surface area (Å²) >= 11 is 0. The normalized spacial score (nSPS) is 17.9. The van der Waals surface area contributed by atoms with Crippen LogP contribution >= 0.6 is 0 Å². The van der Waals surface area contributed by atoms with E-state index in [1.807, 2.05) is 13.0 Å². The lowest BCUT2D eigenvalue weighted by molar-refractivity contribution is 0.191. The second-order valence-electron chi connectivity index (χ2n) is 4.90. The van der Waals surface area contributed by atoms with E-state index in [1.54, 1.807) is 12.1 Å². The molecule has 0 aliphatic heterocycles. The Morgan fingerprint density at radius 2 is 2.00 bits per heavy atom. The zero-order valence-electron chi connectivity index (χ0n) is 9.51. The molecule has 1 aliphatic rings. The summed E-state index contributed by atoms with van der Waals surface area (Å²) in [5.74, 6) is 0.499. The number of rotatable bonds is 3. The van der Waals surface area contributed by atoms with Gasteiger partial charge < -0.3 is 4.74 Å². The Labute approximate surface area is 90.3 Å². The first-order valence-corrected chi connectivity index (χ1v) is 5.49. The molecule has 2 heteroatoms. The largest absolute Gasteiger partial charge is 0.485 e. The number of halogens is 1. The van der Waals surface area contributed by atoms with E-state index in [4.69, 9.17) is 4.74 Å². The average molecular weight is 208 g/mol. The molecule has 0 amide bonds. The van der Waals surface area contributed by atoms with Gasteiger partial charge in [-0.25, -0.2) is 4.39 Å². The van der Waals surface area contributed by atoms with E-state index in [9.17, 15) is 4.39 Å². The first-order valence-electron chi connectivity index (χ1n) is 5.49. The van der Waals surface area contributed by atoms with Crippen molar-refractivity contribution in [1.82, 2.24) is 0 Å². The van der Waals surface area contributed by atoms with E-state index in [0.29, 0.717) is 11.7 Å². The second-order valence-corrected chi connectivity index (χ2v) is 4.90. The zero-order valence-corrected chi connectivity index (χ0v) is 9.51. The zero-order chi connectivity index (χ0) is 11.1. The van der Waals surface area contributed by atoms with Gasteiger partial charge in [-0.2, -0.15) is 0 Å². The third-order valence-electron chi connectivity index (χ3n) is 2.93. The molecule has 0 spiro atoms. The summed E-state index contributed by atoms with van der Waals surface area (Å²) in [7, 11) is 0. The second kappa shape index (κ2) is 3.51. The maximum Gasteiger partial charge on any atom is 0.165 e. The molecule has 1 aliphatic carbocycles. The summed E-state index contributed by atoms with van der Waals surface area (Å²) in [6.07, 6.45) is 2.05. The standard InChI is InChI=1S/C13H17FO/c1-9(2)10-4-5-12(11(14)8-10)15-13(3)6-7-13/h4-5,8-9H,6-7H2,1-3H3. The summed E-state index contributed by atoms with van der Waals surface area (Å²) in [6.45, 7) is 6.12.